The molecular formula is C23H23F5. The van der Waals surface area contributed by atoms with Crippen LogP contribution in [0.1, 0.15) is 56.6 Å². The van der Waals surface area contributed by atoms with Crippen LogP contribution in [0.25, 0.3) is 22.7 Å². The molecule has 0 saturated heterocycles. The first-order chi connectivity index (χ1) is 13.4. The van der Waals surface area contributed by atoms with Crippen LogP contribution < -0.4 is 0 Å². The lowest BCUT2D eigenvalue weighted by molar-refractivity contribution is 0.261. The van der Waals surface area contributed by atoms with Crippen molar-refractivity contribution in [3.05, 3.63) is 59.2 Å². The topological polar surface area (TPSA) is 0 Å². The highest BCUT2D eigenvalue weighted by atomic mass is 19.2. The van der Waals surface area contributed by atoms with Crippen molar-refractivity contribution in [3.8, 4) is 0 Å². The monoisotopic (exact) mass is 394 g/mol. The van der Waals surface area contributed by atoms with E-state index < -0.39 is 46.0 Å². The number of halogens is 5. The van der Waals surface area contributed by atoms with Crippen molar-refractivity contribution < 1.29 is 22.0 Å². The Labute approximate surface area is 161 Å². The summed E-state index contributed by atoms with van der Waals surface area (Å²) >= 11 is 0. The lowest BCUT2D eigenvalue weighted by atomic mass is 9.79. The Hall–Kier alpha value is -2.17. The van der Waals surface area contributed by atoms with Crippen molar-refractivity contribution in [3.63, 3.8) is 0 Å². The second kappa shape index (κ2) is 8.46. The van der Waals surface area contributed by atoms with Gasteiger partial charge in [-0.25, -0.2) is 22.0 Å². The predicted molar refractivity (Wildman–Crippen MR) is 103 cm³/mol. The fourth-order valence-electron chi connectivity index (χ4n) is 4.14. The molecule has 2 aromatic carbocycles. The molecule has 0 aromatic heterocycles. The zero-order valence-corrected chi connectivity index (χ0v) is 15.8. The fraction of sp³-hybridized carbons (Fsp3) is 0.391. The molecule has 2 aromatic rings. The van der Waals surface area contributed by atoms with Crippen LogP contribution in [0.5, 0.6) is 0 Å². The molecule has 0 radical (unpaired) electrons. The number of hydrogen-bond acceptors (Lipinski definition) is 0. The summed E-state index contributed by atoms with van der Waals surface area (Å²) in [4.78, 5) is 0. The van der Waals surface area contributed by atoms with Crippen molar-refractivity contribution >= 4 is 22.7 Å². The number of hydrogen-bond donors (Lipinski definition) is 0. The summed E-state index contributed by atoms with van der Waals surface area (Å²) in [6.07, 6.45) is 5.86. The van der Waals surface area contributed by atoms with Crippen LogP contribution in [0, 0.1) is 29.3 Å². The molecule has 0 atom stereocenters. The van der Waals surface area contributed by atoms with Gasteiger partial charge in [-0.2, -0.15) is 0 Å². The van der Waals surface area contributed by atoms with E-state index in [-0.39, 0.29) is 10.9 Å². The first-order valence-electron chi connectivity index (χ1n) is 9.67. The normalized spacial score (nSPS) is 20.9. The Morgan fingerprint density at radius 3 is 2.32 bits per heavy atom. The Bertz CT molecular complexity index is 920. The number of fused-ring (bicyclic) bond motifs is 1. The van der Waals surface area contributed by atoms with Gasteiger partial charge in [0.15, 0.2) is 17.5 Å². The quantitative estimate of drug-likeness (QED) is 0.449. The van der Waals surface area contributed by atoms with E-state index in [4.69, 9.17) is 0 Å². The SMILES string of the molecule is C=Cc1cc2ccc(C(F)=C(F)C3CCC(CCC)CC3)c(F)c2c(F)c1F. The summed E-state index contributed by atoms with van der Waals surface area (Å²) < 4.78 is 72.6. The lowest BCUT2D eigenvalue weighted by Crippen LogP contribution is -2.15. The molecule has 0 nitrogen and oxygen atoms in total. The van der Waals surface area contributed by atoms with E-state index in [2.05, 4.69) is 13.5 Å². The van der Waals surface area contributed by atoms with Crippen molar-refractivity contribution in [2.45, 2.75) is 45.4 Å². The maximum atomic E-state index is 14.8. The molecule has 0 heterocycles. The second-order valence-electron chi connectivity index (χ2n) is 7.49. The van der Waals surface area contributed by atoms with E-state index in [9.17, 15) is 22.0 Å². The summed E-state index contributed by atoms with van der Waals surface area (Å²) in [7, 11) is 0. The minimum Gasteiger partial charge on any atom is -0.208 e. The van der Waals surface area contributed by atoms with Gasteiger partial charge in [-0.15, -0.1) is 0 Å². The van der Waals surface area contributed by atoms with E-state index in [1.807, 2.05) is 0 Å². The maximum Gasteiger partial charge on any atom is 0.170 e. The molecule has 28 heavy (non-hydrogen) atoms. The molecule has 0 aliphatic heterocycles. The molecule has 1 fully saturated rings. The molecule has 0 spiro atoms. The molecule has 150 valence electrons. The molecule has 0 bridgehead atoms. The highest BCUT2D eigenvalue weighted by Gasteiger charge is 2.28. The standard InChI is InChI=1S/C23H23F5/c1-3-5-13-6-8-15(9-7-13)20(25)22(27)17-11-10-16-12-14(4-2)19(24)23(28)18(16)21(17)26/h4,10-13,15H,2-3,5-9H2,1H3. The van der Waals surface area contributed by atoms with Crippen LogP contribution in [-0.2, 0) is 0 Å². The van der Waals surface area contributed by atoms with Crippen molar-refractivity contribution in [1.29, 1.82) is 0 Å². The Morgan fingerprint density at radius 1 is 1.04 bits per heavy atom. The molecule has 1 saturated carbocycles. The average molecular weight is 394 g/mol. The zero-order chi connectivity index (χ0) is 20.4. The van der Waals surface area contributed by atoms with Gasteiger partial charge in [0.2, 0.25) is 0 Å². The minimum absolute atomic E-state index is 0.0586. The highest BCUT2D eigenvalue weighted by molar-refractivity contribution is 5.89. The van der Waals surface area contributed by atoms with Gasteiger partial charge in [-0.1, -0.05) is 38.5 Å². The molecule has 1 aliphatic rings. The van der Waals surface area contributed by atoms with Crippen LogP contribution in [-0.4, -0.2) is 0 Å². The third-order valence-electron chi connectivity index (χ3n) is 5.72. The van der Waals surface area contributed by atoms with E-state index in [1.54, 1.807) is 0 Å². The maximum absolute atomic E-state index is 14.8. The smallest absolute Gasteiger partial charge is 0.170 e. The Balaban J connectivity index is 1.98. The van der Waals surface area contributed by atoms with Gasteiger partial charge in [-0.05, 0) is 49.1 Å². The summed E-state index contributed by atoms with van der Waals surface area (Å²) in [5.41, 5.74) is -0.798. The summed E-state index contributed by atoms with van der Waals surface area (Å²) in [6, 6.07) is 3.55. The molecule has 3 rings (SSSR count). The third-order valence-corrected chi connectivity index (χ3v) is 5.72. The van der Waals surface area contributed by atoms with Crippen LogP contribution in [0.2, 0.25) is 0 Å². The van der Waals surface area contributed by atoms with Crippen molar-refractivity contribution in [2.24, 2.45) is 11.8 Å². The van der Waals surface area contributed by atoms with E-state index >= 15 is 0 Å². The third kappa shape index (κ3) is 3.71. The summed E-state index contributed by atoms with van der Waals surface area (Å²) in [5.74, 6) is -6.41. The molecule has 0 amide bonds. The van der Waals surface area contributed by atoms with Crippen molar-refractivity contribution in [2.75, 3.05) is 0 Å². The van der Waals surface area contributed by atoms with Crippen LogP contribution in [0.4, 0.5) is 22.0 Å². The molecule has 0 N–H and O–H groups in total. The van der Waals surface area contributed by atoms with Crippen molar-refractivity contribution in [1.82, 2.24) is 0 Å². The molecule has 5 heteroatoms. The van der Waals surface area contributed by atoms with Gasteiger partial charge in [0.1, 0.15) is 11.6 Å². The fourth-order valence-corrected chi connectivity index (χ4v) is 4.14. The van der Waals surface area contributed by atoms with Gasteiger partial charge < -0.3 is 0 Å². The lowest BCUT2D eigenvalue weighted by Gasteiger charge is -2.27. The minimum atomic E-state index is -1.43. The predicted octanol–water partition coefficient (Wildman–Crippen LogP) is 8.11. The highest BCUT2D eigenvalue weighted by Crippen LogP contribution is 2.40. The van der Waals surface area contributed by atoms with E-state index in [0.717, 1.165) is 37.8 Å². The van der Waals surface area contributed by atoms with Crippen LogP contribution in [0.15, 0.2) is 30.6 Å². The first-order valence-corrected chi connectivity index (χ1v) is 9.67. The van der Waals surface area contributed by atoms with Gasteiger partial charge in [0.25, 0.3) is 0 Å². The second-order valence-corrected chi connectivity index (χ2v) is 7.49. The largest absolute Gasteiger partial charge is 0.208 e. The van der Waals surface area contributed by atoms with E-state index in [0.29, 0.717) is 18.8 Å². The molecular weight excluding hydrogens is 371 g/mol. The van der Waals surface area contributed by atoms with Crippen LogP contribution >= 0.6 is 0 Å². The summed E-state index contributed by atoms with van der Waals surface area (Å²) in [5, 5.41) is -0.626. The van der Waals surface area contributed by atoms with E-state index in [1.165, 1.54) is 12.1 Å². The molecule has 1 aliphatic carbocycles. The number of benzene rings is 2. The molecule has 0 unspecified atom stereocenters. The van der Waals surface area contributed by atoms with Gasteiger partial charge in [0, 0.05) is 17.0 Å². The Morgan fingerprint density at radius 2 is 1.71 bits per heavy atom. The van der Waals surface area contributed by atoms with Gasteiger partial charge >= 0.3 is 0 Å². The van der Waals surface area contributed by atoms with Gasteiger partial charge in [-0.3, -0.25) is 0 Å². The first kappa shape index (κ1) is 20.6. The number of rotatable bonds is 5. The zero-order valence-electron chi connectivity index (χ0n) is 15.8. The van der Waals surface area contributed by atoms with Crippen LogP contribution in [0.3, 0.4) is 0 Å². The summed E-state index contributed by atoms with van der Waals surface area (Å²) in [6.45, 7) is 5.47. The van der Waals surface area contributed by atoms with Gasteiger partial charge in [0.05, 0.1) is 5.39 Å². The average Bonchev–Trinajstić information content (AvgIpc) is 2.70. The Kier molecular flexibility index (Phi) is 6.21. The number of allylic oxidation sites excluding steroid dienone is 1.